The number of halogens is 1. The van der Waals surface area contributed by atoms with E-state index in [1.54, 1.807) is 6.07 Å². The van der Waals surface area contributed by atoms with Gasteiger partial charge in [-0.15, -0.1) is 0 Å². The topological polar surface area (TPSA) is 18.5 Å². The normalized spacial score (nSPS) is 21.0. The molecule has 1 heterocycles. The molecule has 1 saturated carbocycles. The first-order chi connectivity index (χ1) is 11.1. The van der Waals surface area contributed by atoms with Crippen LogP contribution in [0.2, 0.25) is 0 Å². The highest BCUT2D eigenvalue weighted by Crippen LogP contribution is 2.26. The van der Waals surface area contributed by atoms with Gasteiger partial charge in [0.05, 0.1) is 5.69 Å². The van der Waals surface area contributed by atoms with Crippen molar-refractivity contribution in [3.63, 3.8) is 0 Å². The smallest absolute Gasteiger partial charge is 0.146 e. The highest BCUT2D eigenvalue weighted by molar-refractivity contribution is 5.50. The molecule has 0 aromatic heterocycles. The van der Waals surface area contributed by atoms with E-state index in [0.29, 0.717) is 12.1 Å². The number of hydrogen-bond donors (Lipinski definition) is 1. The molecule has 3 rings (SSSR count). The molecule has 1 aliphatic carbocycles. The Balaban J connectivity index is 1.64. The molecule has 1 saturated heterocycles. The first kappa shape index (κ1) is 16.7. The molecule has 128 valence electrons. The molecular weight excluding hydrogens is 289 g/mol. The van der Waals surface area contributed by atoms with E-state index >= 15 is 0 Å². The van der Waals surface area contributed by atoms with Gasteiger partial charge in [0.25, 0.3) is 0 Å². The summed E-state index contributed by atoms with van der Waals surface area (Å²) in [6.07, 6.45) is 7.46. The van der Waals surface area contributed by atoms with Gasteiger partial charge in [-0.25, -0.2) is 4.39 Å². The zero-order valence-corrected chi connectivity index (χ0v) is 14.5. The predicted octanol–water partition coefficient (Wildman–Crippen LogP) is 3.39. The number of nitrogens with zero attached hydrogens (tertiary/aromatic N) is 2. The molecule has 1 N–H and O–H groups in total. The van der Waals surface area contributed by atoms with Crippen molar-refractivity contribution in [3.8, 4) is 0 Å². The van der Waals surface area contributed by atoms with Crippen LogP contribution in [0.15, 0.2) is 18.2 Å². The first-order valence-corrected chi connectivity index (χ1v) is 9.06. The molecule has 0 radical (unpaired) electrons. The maximum absolute atomic E-state index is 14.3. The van der Waals surface area contributed by atoms with Crippen LogP contribution in [0.5, 0.6) is 0 Å². The number of anilines is 1. The van der Waals surface area contributed by atoms with Crippen molar-refractivity contribution >= 4 is 5.69 Å². The number of benzene rings is 1. The summed E-state index contributed by atoms with van der Waals surface area (Å²) in [7, 11) is 4.20. The molecule has 2 aliphatic rings. The Morgan fingerprint density at radius 1 is 1.17 bits per heavy atom. The summed E-state index contributed by atoms with van der Waals surface area (Å²) in [5.41, 5.74) is 1.94. The molecule has 4 heteroatoms. The zero-order chi connectivity index (χ0) is 16.2. The van der Waals surface area contributed by atoms with E-state index in [4.69, 9.17) is 0 Å². The predicted molar refractivity (Wildman–Crippen MR) is 94.4 cm³/mol. The van der Waals surface area contributed by atoms with E-state index in [2.05, 4.69) is 22.2 Å². The standard InChI is InChI=1S/C19H30FN3/c1-22-11-9-17(10-12-22)23(2)19-13-15(7-8-18(19)20)14-21-16-5-3-4-6-16/h7-8,13,16-17,21H,3-6,9-12,14H2,1-2H3. The molecule has 23 heavy (non-hydrogen) atoms. The van der Waals surface area contributed by atoms with Crippen molar-refractivity contribution in [2.24, 2.45) is 0 Å². The van der Waals surface area contributed by atoms with Crippen LogP contribution in [0, 0.1) is 5.82 Å². The zero-order valence-electron chi connectivity index (χ0n) is 14.5. The molecule has 0 amide bonds. The van der Waals surface area contributed by atoms with Crippen LogP contribution in [0.25, 0.3) is 0 Å². The Hall–Kier alpha value is -1.13. The van der Waals surface area contributed by atoms with E-state index in [9.17, 15) is 4.39 Å². The van der Waals surface area contributed by atoms with Gasteiger partial charge in [-0.05, 0) is 63.5 Å². The Bertz CT molecular complexity index is 505. The number of nitrogens with one attached hydrogen (secondary N) is 1. The van der Waals surface area contributed by atoms with E-state index < -0.39 is 0 Å². The number of likely N-dealkylation sites (tertiary alicyclic amines) is 1. The fourth-order valence-electron chi connectivity index (χ4n) is 3.91. The molecule has 1 aromatic carbocycles. The van der Waals surface area contributed by atoms with Gasteiger partial charge < -0.3 is 15.1 Å². The lowest BCUT2D eigenvalue weighted by atomic mass is 10.0. The maximum Gasteiger partial charge on any atom is 0.146 e. The summed E-state index contributed by atoms with van der Waals surface area (Å²) in [4.78, 5) is 4.50. The molecule has 2 fully saturated rings. The van der Waals surface area contributed by atoms with E-state index in [1.165, 1.54) is 31.2 Å². The molecule has 1 aromatic rings. The van der Waals surface area contributed by atoms with E-state index in [0.717, 1.165) is 38.2 Å². The van der Waals surface area contributed by atoms with Gasteiger partial charge in [0, 0.05) is 25.7 Å². The molecular formula is C19H30FN3. The fourth-order valence-corrected chi connectivity index (χ4v) is 3.91. The summed E-state index contributed by atoms with van der Waals surface area (Å²) in [5.74, 6) is -0.101. The van der Waals surface area contributed by atoms with Gasteiger partial charge in [0.15, 0.2) is 0 Å². The van der Waals surface area contributed by atoms with Crippen LogP contribution in [0.3, 0.4) is 0 Å². The SMILES string of the molecule is CN1CCC(N(C)c2cc(CNC3CCCC3)ccc2F)CC1. The summed E-state index contributed by atoms with van der Waals surface area (Å²) >= 11 is 0. The van der Waals surface area contributed by atoms with Crippen molar-refractivity contribution in [3.05, 3.63) is 29.6 Å². The Labute approximate surface area is 139 Å². The lowest BCUT2D eigenvalue weighted by Crippen LogP contribution is -2.42. The van der Waals surface area contributed by atoms with Crippen LogP contribution >= 0.6 is 0 Å². The van der Waals surface area contributed by atoms with Crippen molar-refractivity contribution in [1.29, 1.82) is 0 Å². The van der Waals surface area contributed by atoms with Crippen LogP contribution in [-0.4, -0.2) is 44.2 Å². The minimum Gasteiger partial charge on any atom is -0.369 e. The van der Waals surface area contributed by atoms with Crippen molar-refractivity contribution in [2.75, 3.05) is 32.1 Å². The molecule has 0 spiro atoms. The molecule has 1 aliphatic heterocycles. The lowest BCUT2D eigenvalue weighted by Gasteiger charge is -2.36. The number of rotatable bonds is 5. The maximum atomic E-state index is 14.3. The second-order valence-corrected chi connectivity index (χ2v) is 7.29. The monoisotopic (exact) mass is 319 g/mol. The van der Waals surface area contributed by atoms with Crippen LogP contribution in [-0.2, 0) is 6.54 Å². The first-order valence-electron chi connectivity index (χ1n) is 9.06. The highest BCUT2D eigenvalue weighted by Gasteiger charge is 2.23. The molecule has 3 nitrogen and oxygen atoms in total. The van der Waals surface area contributed by atoms with Crippen LogP contribution in [0.1, 0.15) is 44.1 Å². The molecule has 0 unspecified atom stereocenters. The third-order valence-corrected chi connectivity index (χ3v) is 5.58. The number of piperidine rings is 1. The van der Waals surface area contributed by atoms with Gasteiger partial charge in [0.1, 0.15) is 5.82 Å². The average molecular weight is 319 g/mol. The van der Waals surface area contributed by atoms with Gasteiger partial charge in [-0.3, -0.25) is 0 Å². The Kier molecular flexibility index (Phi) is 5.54. The van der Waals surface area contributed by atoms with Crippen LogP contribution in [0.4, 0.5) is 10.1 Å². The van der Waals surface area contributed by atoms with Crippen molar-refractivity contribution in [2.45, 2.75) is 57.2 Å². The summed E-state index contributed by atoms with van der Waals surface area (Å²) in [6.45, 7) is 3.04. The lowest BCUT2D eigenvalue weighted by molar-refractivity contribution is 0.252. The van der Waals surface area contributed by atoms with Gasteiger partial charge >= 0.3 is 0 Å². The molecule has 0 bridgehead atoms. The van der Waals surface area contributed by atoms with Gasteiger partial charge in [-0.2, -0.15) is 0 Å². The second-order valence-electron chi connectivity index (χ2n) is 7.29. The quantitative estimate of drug-likeness (QED) is 0.897. The minimum absolute atomic E-state index is 0.101. The van der Waals surface area contributed by atoms with Crippen LogP contribution < -0.4 is 10.2 Å². The minimum atomic E-state index is -0.101. The summed E-state index contributed by atoms with van der Waals surface area (Å²) < 4.78 is 14.3. The van der Waals surface area contributed by atoms with Gasteiger partial charge in [0.2, 0.25) is 0 Å². The molecule has 0 atom stereocenters. The van der Waals surface area contributed by atoms with Gasteiger partial charge in [-0.1, -0.05) is 18.9 Å². The third-order valence-electron chi connectivity index (χ3n) is 5.58. The van der Waals surface area contributed by atoms with Crippen molar-refractivity contribution < 1.29 is 4.39 Å². The van der Waals surface area contributed by atoms with Crippen molar-refractivity contribution in [1.82, 2.24) is 10.2 Å². The highest BCUT2D eigenvalue weighted by atomic mass is 19.1. The second kappa shape index (κ2) is 7.63. The fraction of sp³-hybridized carbons (Fsp3) is 0.684. The Morgan fingerprint density at radius 3 is 2.57 bits per heavy atom. The number of hydrogen-bond acceptors (Lipinski definition) is 3. The summed E-state index contributed by atoms with van der Waals surface area (Å²) in [5, 5.41) is 3.62. The summed E-state index contributed by atoms with van der Waals surface area (Å²) in [6, 6.07) is 6.68. The van der Waals surface area contributed by atoms with E-state index in [-0.39, 0.29) is 5.82 Å². The third kappa shape index (κ3) is 4.24. The Morgan fingerprint density at radius 2 is 1.87 bits per heavy atom. The average Bonchev–Trinajstić information content (AvgIpc) is 3.08. The van der Waals surface area contributed by atoms with E-state index in [1.807, 2.05) is 19.2 Å². The largest absolute Gasteiger partial charge is 0.369 e.